The second-order valence-corrected chi connectivity index (χ2v) is 6.05. The zero-order chi connectivity index (χ0) is 16.4. The van der Waals surface area contributed by atoms with Crippen LogP contribution in [-0.2, 0) is 4.79 Å². The van der Waals surface area contributed by atoms with E-state index in [0.29, 0.717) is 6.54 Å². The average molecular weight is 314 g/mol. The van der Waals surface area contributed by atoms with Crippen molar-refractivity contribution in [2.45, 2.75) is 32.6 Å². The van der Waals surface area contributed by atoms with Gasteiger partial charge in [-0.15, -0.1) is 0 Å². The molecule has 1 unspecified atom stereocenters. The van der Waals surface area contributed by atoms with Gasteiger partial charge in [0.1, 0.15) is 5.76 Å². The molecule has 122 valence electrons. The number of likely N-dealkylation sites (tertiary alicyclic amines) is 1. The Balaban J connectivity index is 1.78. The first kappa shape index (κ1) is 15.7. The lowest BCUT2D eigenvalue weighted by Gasteiger charge is -2.32. The minimum Gasteiger partial charge on any atom is -0.361 e. The van der Waals surface area contributed by atoms with E-state index in [1.807, 2.05) is 31.0 Å². The number of aromatic nitrogens is 2. The monoisotopic (exact) mass is 314 g/mol. The number of rotatable bonds is 3. The second-order valence-electron chi connectivity index (χ2n) is 6.05. The van der Waals surface area contributed by atoms with Gasteiger partial charge in [-0.3, -0.25) is 9.78 Å². The maximum atomic E-state index is 11.8. The molecule has 1 aliphatic heterocycles. The molecule has 1 atom stereocenters. The second kappa shape index (κ2) is 6.50. The van der Waals surface area contributed by atoms with Crippen LogP contribution in [0.3, 0.4) is 0 Å². The number of carbonyl (C=O) groups excluding carboxylic acids is 1. The van der Waals surface area contributed by atoms with Crippen molar-refractivity contribution in [2.75, 3.05) is 19.6 Å². The standard InChI is InChI=1S/C17H22N4O2/c1-11-17(12(2)23-20-11)13-5-6-15(19-9-13)14-4-3-7-21(10-14)16(22)8-18/h5-6,9,14H,3-4,7-8,10,18H2,1-2H3. The van der Waals surface area contributed by atoms with Gasteiger partial charge in [-0.1, -0.05) is 11.2 Å². The van der Waals surface area contributed by atoms with Gasteiger partial charge in [-0.05, 0) is 32.8 Å². The Hall–Kier alpha value is -2.21. The first-order chi connectivity index (χ1) is 11.1. The minimum absolute atomic E-state index is 0.0158. The molecule has 2 N–H and O–H groups in total. The topological polar surface area (TPSA) is 85.2 Å². The van der Waals surface area contributed by atoms with Crippen LogP contribution in [0.2, 0.25) is 0 Å². The molecule has 0 radical (unpaired) electrons. The summed E-state index contributed by atoms with van der Waals surface area (Å²) in [7, 11) is 0. The average Bonchev–Trinajstić information content (AvgIpc) is 2.93. The lowest BCUT2D eigenvalue weighted by Crippen LogP contribution is -2.42. The van der Waals surface area contributed by atoms with Crippen LogP contribution in [-0.4, -0.2) is 40.6 Å². The molecule has 3 rings (SSSR count). The van der Waals surface area contributed by atoms with Gasteiger partial charge in [-0.25, -0.2) is 0 Å². The van der Waals surface area contributed by atoms with Gasteiger partial charge in [0.25, 0.3) is 0 Å². The zero-order valence-electron chi connectivity index (χ0n) is 13.6. The van der Waals surface area contributed by atoms with Crippen molar-refractivity contribution in [1.82, 2.24) is 15.0 Å². The first-order valence-corrected chi connectivity index (χ1v) is 7.97. The molecule has 1 amide bonds. The molecule has 3 heterocycles. The first-order valence-electron chi connectivity index (χ1n) is 7.97. The predicted molar refractivity (Wildman–Crippen MR) is 86.8 cm³/mol. The maximum Gasteiger partial charge on any atom is 0.236 e. The molecule has 0 aromatic carbocycles. The Labute approximate surface area is 135 Å². The summed E-state index contributed by atoms with van der Waals surface area (Å²) in [6, 6.07) is 4.10. The van der Waals surface area contributed by atoms with Gasteiger partial charge in [0, 0.05) is 42.0 Å². The molecule has 0 spiro atoms. The van der Waals surface area contributed by atoms with Crippen LogP contribution in [0.4, 0.5) is 0 Å². The molecule has 1 saturated heterocycles. The van der Waals surface area contributed by atoms with Gasteiger partial charge in [0.15, 0.2) is 0 Å². The van der Waals surface area contributed by atoms with Crippen LogP contribution in [0.1, 0.15) is 35.9 Å². The fourth-order valence-corrected chi connectivity index (χ4v) is 3.26. The van der Waals surface area contributed by atoms with Gasteiger partial charge >= 0.3 is 0 Å². The highest BCUT2D eigenvalue weighted by Gasteiger charge is 2.25. The summed E-state index contributed by atoms with van der Waals surface area (Å²) in [4.78, 5) is 18.3. The van der Waals surface area contributed by atoms with Crippen molar-refractivity contribution < 1.29 is 9.32 Å². The van der Waals surface area contributed by atoms with E-state index >= 15 is 0 Å². The highest BCUT2D eigenvalue weighted by molar-refractivity contribution is 5.78. The Kier molecular flexibility index (Phi) is 4.43. The molecule has 0 bridgehead atoms. The summed E-state index contributed by atoms with van der Waals surface area (Å²) in [5.41, 5.74) is 9.38. The van der Waals surface area contributed by atoms with E-state index in [4.69, 9.17) is 10.3 Å². The number of pyridine rings is 1. The third kappa shape index (κ3) is 3.12. The number of hydrogen-bond acceptors (Lipinski definition) is 5. The highest BCUT2D eigenvalue weighted by atomic mass is 16.5. The predicted octanol–water partition coefficient (Wildman–Crippen LogP) is 2.02. The number of nitrogens with zero attached hydrogens (tertiary/aromatic N) is 3. The number of piperidine rings is 1. The van der Waals surface area contributed by atoms with Crippen molar-refractivity contribution in [3.05, 3.63) is 35.5 Å². The SMILES string of the molecule is Cc1noc(C)c1-c1ccc(C2CCCN(C(=O)CN)C2)nc1. The van der Waals surface area contributed by atoms with E-state index in [2.05, 4.69) is 16.2 Å². The minimum atomic E-state index is 0.0158. The smallest absolute Gasteiger partial charge is 0.236 e. The number of nitrogens with two attached hydrogens (primary N) is 1. The molecular weight excluding hydrogens is 292 g/mol. The van der Waals surface area contributed by atoms with Crippen LogP contribution in [0.15, 0.2) is 22.9 Å². The van der Waals surface area contributed by atoms with E-state index in [0.717, 1.165) is 47.7 Å². The lowest BCUT2D eigenvalue weighted by molar-refractivity contribution is -0.130. The summed E-state index contributed by atoms with van der Waals surface area (Å²) in [5, 5.41) is 3.98. The maximum absolute atomic E-state index is 11.8. The number of carbonyl (C=O) groups is 1. The number of amides is 1. The molecule has 1 fully saturated rings. The third-order valence-corrected chi connectivity index (χ3v) is 4.48. The van der Waals surface area contributed by atoms with Crippen LogP contribution in [0.5, 0.6) is 0 Å². The quantitative estimate of drug-likeness (QED) is 0.936. The van der Waals surface area contributed by atoms with Crippen molar-refractivity contribution in [2.24, 2.45) is 5.73 Å². The zero-order valence-corrected chi connectivity index (χ0v) is 13.6. The summed E-state index contributed by atoms with van der Waals surface area (Å²) < 4.78 is 5.22. The summed E-state index contributed by atoms with van der Waals surface area (Å²) >= 11 is 0. The number of hydrogen-bond donors (Lipinski definition) is 1. The summed E-state index contributed by atoms with van der Waals surface area (Å²) in [6.45, 7) is 5.40. The molecule has 2 aromatic heterocycles. The van der Waals surface area contributed by atoms with Gasteiger partial charge in [0.2, 0.25) is 5.91 Å². The van der Waals surface area contributed by atoms with Crippen molar-refractivity contribution >= 4 is 5.91 Å². The van der Waals surface area contributed by atoms with Crippen LogP contribution < -0.4 is 5.73 Å². The Bertz CT molecular complexity index is 674. The highest BCUT2D eigenvalue weighted by Crippen LogP contribution is 2.29. The molecule has 1 aliphatic rings. The van der Waals surface area contributed by atoms with Gasteiger partial charge < -0.3 is 15.2 Å². The van der Waals surface area contributed by atoms with Crippen LogP contribution >= 0.6 is 0 Å². The van der Waals surface area contributed by atoms with Crippen molar-refractivity contribution in [3.63, 3.8) is 0 Å². The van der Waals surface area contributed by atoms with Crippen LogP contribution in [0.25, 0.3) is 11.1 Å². The molecule has 0 aliphatic carbocycles. The largest absolute Gasteiger partial charge is 0.361 e. The molecule has 6 nitrogen and oxygen atoms in total. The van der Waals surface area contributed by atoms with E-state index in [1.54, 1.807) is 0 Å². The molecule has 0 saturated carbocycles. The van der Waals surface area contributed by atoms with E-state index in [-0.39, 0.29) is 18.4 Å². The lowest BCUT2D eigenvalue weighted by atomic mass is 9.93. The molecule has 6 heteroatoms. The number of aryl methyl sites for hydroxylation is 2. The van der Waals surface area contributed by atoms with E-state index in [9.17, 15) is 4.79 Å². The normalized spacial score (nSPS) is 18.2. The van der Waals surface area contributed by atoms with E-state index in [1.165, 1.54) is 0 Å². The van der Waals surface area contributed by atoms with Gasteiger partial charge in [-0.2, -0.15) is 0 Å². The fraction of sp³-hybridized carbons (Fsp3) is 0.471. The van der Waals surface area contributed by atoms with Crippen LogP contribution in [0, 0.1) is 13.8 Å². The molecule has 2 aromatic rings. The van der Waals surface area contributed by atoms with Gasteiger partial charge in [0.05, 0.1) is 12.2 Å². The fourth-order valence-electron chi connectivity index (χ4n) is 3.26. The Morgan fingerprint density at radius 3 is 2.87 bits per heavy atom. The van der Waals surface area contributed by atoms with Crippen molar-refractivity contribution in [1.29, 1.82) is 0 Å². The Morgan fingerprint density at radius 2 is 2.26 bits per heavy atom. The summed E-state index contributed by atoms with van der Waals surface area (Å²) in [5.74, 6) is 1.09. The Morgan fingerprint density at radius 1 is 1.43 bits per heavy atom. The van der Waals surface area contributed by atoms with Crippen molar-refractivity contribution in [3.8, 4) is 11.1 Å². The van der Waals surface area contributed by atoms with E-state index < -0.39 is 0 Å². The molecule has 23 heavy (non-hydrogen) atoms. The third-order valence-electron chi connectivity index (χ3n) is 4.48. The summed E-state index contributed by atoms with van der Waals surface area (Å²) in [6.07, 6.45) is 3.90. The molecular formula is C17H22N4O2.